The van der Waals surface area contributed by atoms with Crippen molar-refractivity contribution in [1.29, 1.82) is 5.26 Å². The zero-order valence-corrected chi connectivity index (χ0v) is 20.8. The molecular weight excluding hydrogens is 435 g/mol. The zero-order valence-electron chi connectivity index (χ0n) is 20.8. The van der Waals surface area contributed by atoms with Crippen LogP contribution < -0.4 is 4.90 Å². The standard InChI is InChI=1S/C30H31FN4/c1-21-14-28(33-30(15-21)35-22(2)8-9-23(35)3)11-10-25-16-26(20-32)19-29(18-25)34(4)13-12-24-6-5-7-27(31)17-24/h5-9,14-19H,10-13H2,1-4H3. The molecule has 0 radical (unpaired) electrons. The monoisotopic (exact) mass is 466 g/mol. The van der Waals surface area contributed by atoms with Gasteiger partial charge in [0.05, 0.1) is 11.6 Å². The maximum absolute atomic E-state index is 13.5. The molecule has 0 fully saturated rings. The molecule has 0 aliphatic heterocycles. The number of benzene rings is 2. The maximum atomic E-state index is 13.5. The second-order valence-corrected chi connectivity index (χ2v) is 9.25. The number of aromatic nitrogens is 2. The molecule has 0 spiro atoms. The normalized spacial score (nSPS) is 10.9. The number of anilines is 1. The van der Waals surface area contributed by atoms with Crippen LogP contribution in [0.4, 0.5) is 10.1 Å². The smallest absolute Gasteiger partial charge is 0.137 e. The first-order valence-corrected chi connectivity index (χ1v) is 11.9. The first kappa shape index (κ1) is 24.2. The lowest BCUT2D eigenvalue weighted by molar-refractivity contribution is 0.625. The molecule has 0 aliphatic carbocycles. The number of nitrogens with zero attached hydrogens (tertiary/aromatic N) is 4. The fourth-order valence-corrected chi connectivity index (χ4v) is 4.49. The minimum atomic E-state index is -0.214. The fourth-order valence-electron chi connectivity index (χ4n) is 4.49. The number of pyridine rings is 1. The molecule has 2 heterocycles. The van der Waals surface area contributed by atoms with Crippen molar-refractivity contribution < 1.29 is 4.39 Å². The first-order chi connectivity index (χ1) is 16.8. The summed E-state index contributed by atoms with van der Waals surface area (Å²) in [7, 11) is 2.01. The summed E-state index contributed by atoms with van der Waals surface area (Å²) in [5, 5.41) is 9.60. The van der Waals surface area contributed by atoms with Crippen LogP contribution in [-0.4, -0.2) is 23.1 Å². The van der Waals surface area contributed by atoms with Crippen molar-refractivity contribution in [2.45, 2.75) is 40.0 Å². The second kappa shape index (κ2) is 10.6. The van der Waals surface area contributed by atoms with E-state index in [0.29, 0.717) is 5.56 Å². The summed E-state index contributed by atoms with van der Waals surface area (Å²) in [6, 6.07) is 23.5. The quantitative estimate of drug-likeness (QED) is 0.307. The van der Waals surface area contributed by atoms with Crippen LogP contribution in [0.25, 0.3) is 5.82 Å². The van der Waals surface area contributed by atoms with Crippen molar-refractivity contribution in [2.75, 3.05) is 18.5 Å². The van der Waals surface area contributed by atoms with Crippen LogP contribution >= 0.6 is 0 Å². The second-order valence-electron chi connectivity index (χ2n) is 9.25. The lowest BCUT2D eigenvalue weighted by atomic mass is 10.0. The van der Waals surface area contributed by atoms with Gasteiger partial charge in [-0.2, -0.15) is 5.26 Å². The average Bonchev–Trinajstić information content (AvgIpc) is 3.18. The van der Waals surface area contributed by atoms with Gasteiger partial charge in [0.15, 0.2) is 0 Å². The fraction of sp³-hybridized carbons (Fsp3) is 0.267. The van der Waals surface area contributed by atoms with Gasteiger partial charge in [0.2, 0.25) is 0 Å². The number of halogens is 1. The zero-order chi connectivity index (χ0) is 24.9. The predicted octanol–water partition coefficient (Wildman–Crippen LogP) is 6.27. The van der Waals surface area contributed by atoms with Crippen molar-refractivity contribution in [1.82, 2.24) is 9.55 Å². The van der Waals surface area contributed by atoms with Gasteiger partial charge in [0.25, 0.3) is 0 Å². The Labute approximate surface area is 207 Å². The summed E-state index contributed by atoms with van der Waals surface area (Å²) in [5.74, 6) is 0.734. The maximum Gasteiger partial charge on any atom is 0.137 e. The van der Waals surface area contributed by atoms with Crippen molar-refractivity contribution in [3.8, 4) is 11.9 Å². The minimum Gasteiger partial charge on any atom is -0.374 e. The number of hydrogen-bond donors (Lipinski definition) is 0. The molecule has 2 aromatic heterocycles. The van der Waals surface area contributed by atoms with Crippen molar-refractivity contribution >= 4 is 5.69 Å². The van der Waals surface area contributed by atoms with Crippen LogP contribution in [0.15, 0.2) is 66.7 Å². The van der Waals surface area contributed by atoms with Crippen LogP contribution in [0.5, 0.6) is 0 Å². The van der Waals surface area contributed by atoms with E-state index in [4.69, 9.17) is 4.98 Å². The molecule has 4 rings (SSSR count). The Morgan fingerprint density at radius 2 is 1.66 bits per heavy atom. The molecule has 4 aromatic rings. The Morgan fingerprint density at radius 1 is 0.886 bits per heavy atom. The molecule has 5 heteroatoms. The summed E-state index contributed by atoms with van der Waals surface area (Å²) in [6.45, 7) is 7.02. The Morgan fingerprint density at radius 3 is 2.37 bits per heavy atom. The lowest BCUT2D eigenvalue weighted by Crippen LogP contribution is -2.20. The van der Waals surface area contributed by atoms with Gasteiger partial charge in [0, 0.05) is 36.4 Å². The lowest BCUT2D eigenvalue weighted by Gasteiger charge is -2.21. The summed E-state index contributed by atoms with van der Waals surface area (Å²) in [6.07, 6.45) is 2.31. The molecule has 4 nitrogen and oxygen atoms in total. The third kappa shape index (κ3) is 5.96. The highest BCUT2D eigenvalue weighted by Crippen LogP contribution is 2.21. The molecule has 35 heavy (non-hydrogen) atoms. The molecule has 0 saturated carbocycles. The highest BCUT2D eigenvalue weighted by atomic mass is 19.1. The van der Waals surface area contributed by atoms with E-state index < -0.39 is 0 Å². The summed E-state index contributed by atoms with van der Waals surface area (Å²) in [5.41, 5.74) is 8.26. The number of nitriles is 1. The van der Waals surface area contributed by atoms with Crippen LogP contribution in [-0.2, 0) is 19.3 Å². The number of hydrogen-bond acceptors (Lipinski definition) is 3. The van der Waals surface area contributed by atoms with Gasteiger partial charge in [-0.1, -0.05) is 12.1 Å². The topological polar surface area (TPSA) is 44.9 Å². The van der Waals surface area contributed by atoms with Gasteiger partial charge in [-0.3, -0.25) is 0 Å². The van der Waals surface area contributed by atoms with Crippen LogP contribution in [0.1, 0.15) is 39.3 Å². The molecule has 0 saturated heterocycles. The molecular formula is C30H31FN4. The molecule has 0 N–H and O–H groups in total. The summed E-state index contributed by atoms with van der Waals surface area (Å²) in [4.78, 5) is 7.06. The Balaban J connectivity index is 1.50. The highest BCUT2D eigenvalue weighted by Gasteiger charge is 2.10. The van der Waals surface area contributed by atoms with Crippen molar-refractivity contribution in [3.63, 3.8) is 0 Å². The van der Waals surface area contributed by atoms with Gasteiger partial charge in [-0.25, -0.2) is 9.37 Å². The van der Waals surface area contributed by atoms with Gasteiger partial charge in [-0.15, -0.1) is 0 Å². The molecule has 0 unspecified atom stereocenters. The van der Waals surface area contributed by atoms with Crippen LogP contribution in [0.2, 0.25) is 0 Å². The Kier molecular flexibility index (Phi) is 7.31. The SMILES string of the molecule is Cc1cc(CCc2cc(C#N)cc(N(C)CCc3cccc(F)c3)c2)nc(-n2c(C)ccc2C)c1. The third-order valence-corrected chi connectivity index (χ3v) is 6.35. The van der Waals surface area contributed by atoms with E-state index in [-0.39, 0.29) is 5.82 Å². The molecule has 2 aromatic carbocycles. The van der Waals surface area contributed by atoms with E-state index in [1.54, 1.807) is 12.1 Å². The number of aryl methyl sites for hydroxylation is 5. The van der Waals surface area contributed by atoms with E-state index in [1.165, 1.54) is 23.0 Å². The highest BCUT2D eigenvalue weighted by molar-refractivity contribution is 5.54. The molecule has 0 aliphatic rings. The first-order valence-electron chi connectivity index (χ1n) is 11.9. The van der Waals surface area contributed by atoms with Gasteiger partial charge < -0.3 is 9.47 Å². The van der Waals surface area contributed by atoms with E-state index in [2.05, 4.69) is 66.6 Å². The molecule has 0 bridgehead atoms. The van der Waals surface area contributed by atoms with E-state index in [1.807, 2.05) is 25.2 Å². The van der Waals surface area contributed by atoms with Gasteiger partial charge >= 0.3 is 0 Å². The predicted molar refractivity (Wildman–Crippen MR) is 140 cm³/mol. The van der Waals surface area contributed by atoms with E-state index >= 15 is 0 Å². The van der Waals surface area contributed by atoms with E-state index in [0.717, 1.165) is 54.1 Å². The average molecular weight is 467 g/mol. The summed E-state index contributed by atoms with van der Waals surface area (Å²) < 4.78 is 15.7. The Bertz CT molecular complexity index is 1360. The van der Waals surface area contributed by atoms with Crippen LogP contribution in [0, 0.1) is 37.9 Å². The minimum absolute atomic E-state index is 0.214. The van der Waals surface area contributed by atoms with E-state index in [9.17, 15) is 9.65 Å². The number of rotatable bonds is 8. The van der Waals surface area contributed by atoms with Gasteiger partial charge in [-0.05, 0) is 111 Å². The molecule has 0 amide bonds. The third-order valence-electron chi connectivity index (χ3n) is 6.35. The largest absolute Gasteiger partial charge is 0.374 e. The summed E-state index contributed by atoms with van der Waals surface area (Å²) >= 11 is 0. The van der Waals surface area contributed by atoms with Gasteiger partial charge in [0.1, 0.15) is 11.6 Å². The van der Waals surface area contributed by atoms with Crippen molar-refractivity contribution in [2.24, 2.45) is 0 Å². The molecule has 178 valence electrons. The number of likely N-dealkylation sites (N-methyl/N-ethyl adjacent to an activating group) is 1. The van der Waals surface area contributed by atoms with Crippen molar-refractivity contribution in [3.05, 3.63) is 112 Å². The Hall–Kier alpha value is -3.91. The van der Waals surface area contributed by atoms with Crippen LogP contribution in [0.3, 0.4) is 0 Å². The molecule has 0 atom stereocenters.